The number of rotatable bonds is 5. The Morgan fingerprint density at radius 2 is 1.86 bits per heavy atom. The van der Waals surface area contributed by atoms with E-state index in [1.165, 1.54) is 17.0 Å². The number of nitro groups is 1. The number of anilines is 1. The Morgan fingerprint density at radius 1 is 1.10 bits per heavy atom. The van der Waals surface area contributed by atoms with Crippen molar-refractivity contribution >= 4 is 48.9 Å². The summed E-state index contributed by atoms with van der Waals surface area (Å²) in [6.45, 7) is 0.120. The molecule has 10 heteroatoms. The molecule has 4 rings (SSSR count). The van der Waals surface area contributed by atoms with Crippen LogP contribution in [0, 0.1) is 21.7 Å². The topological polar surface area (TPSA) is 76.3 Å². The zero-order valence-corrected chi connectivity index (χ0v) is 16.2. The van der Waals surface area contributed by atoms with Crippen molar-refractivity contribution in [3.05, 3.63) is 86.8 Å². The summed E-state index contributed by atoms with van der Waals surface area (Å²) in [7, 11) is 0. The predicted octanol–water partition coefficient (Wildman–Crippen LogP) is 5.39. The molecular formula is C19H11F2N3O3S2. The maximum absolute atomic E-state index is 14.1. The van der Waals surface area contributed by atoms with Crippen LogP contribution in [0.4, 0.5) is 18.9 Å². The lowest BCUT2D eigenvalue weighted by atomic mass is 10.2. The van der Waals surface area contributed by atoms with Gasteiger partial charge in [0.15, 0.2) is 10.9 Å². The standard InChI is InChI=1S/C19H11F2N3O3S2/c20-12-8-13(21)17-15(9-12)29-19(22-17)23(10-11-4-2-1-3-5-11)18(25)14-6-7-16(28-14)24(26)27/h1-9H,10H2. The first-order valence-corrected chi connectivity index (χ1v) is 9.91. The van der Waals surface area contributed by atoms with Crippen molar-refractivity contribution in [2.75, 3.05) is 4.90 Å². The maximum atomic E-state index is 14.1. The molecular weight excluding hydrogens is 420 g/mol. The summed E-state index contributed by atoms with van der Waals surface area (Å²) in [6.07, 6.45) is 0. The number of hydrogen-bond donors (Lipinski definition) is 0. The fraction of sp³-hybridized carbons (Fsp3) is 0.0526. The summed E-state index contributed by atoms with van der Waals surface area (Å²) in [5, 5.41) is 11.0. The van der Waals surface area contributed by atoms with Gasteiger partial charge < -0.3 is 0 Å². The Kier molecular flexibility index (Phi) is 5.03. The highest BCUT2D eigenvalue weighted by Gasteiger charge is 2.25. The van der Waals surface area contributed by atoms with Crippen LogP contribution in [0.1, 0.15) is 15.2 Å². The summed E-state index contributed by atoms with van der Waals surface area (Å²) < 4.78 is 27.9. The number of fused-ring (bicyclic) bond motifs is 1. The Hall–Kier alpha value is -3.24. The van der Waals surface area contributed by atoms with Gasteiger partial charge in [0.2, 0.25) is 0 Å². The highest BCUT2D eigenvalue weighted by molar-refractivity contribution is 7.22. The molecule has 0 unspecified atom stereocenters. The van der Waals surface area contributed by atoms with E-state index in [2.05, 4.69) is 4.98 Å². The van der Waals surface area contributed by atoms with Gasteiger partial charge in [-0.05, 0) is 17.7 Å². The molecule has 2 heterocycles. The van der Waals surface area contributed by atoms with E-state index >= 15 is 0 Å². The number of aromatic nitrogens is 1. The summed E-state index contributed by atoms with van der Waals surface area (Å²) in [5.74, 6) is -2.06. The average molecular weight is 431 g/mol. The summed E-state index contributed by atoms with van der Waals surface area (Å²) in [6, 6.07) is 13.6. The quantitative estimate of drug-likeness (QED) is 0.314. The van der Waals surface area contributed by atoms with Gasteiger partial charge in [-0.1, -0.05) is 53.0 Å². The van der Waals surface area contributed by atoms with Crippen molar-refractivity contribution in [2.45, 2.75) is 6.54 Å². The molecule has 0 aliphatic heterocycles. The van der Waals surface area contributed by atoms with Gasteiger partial charge in [0.05, 0.1) is 21.0 Å². The van der Waals surface area contributed by atoms with E-state index in [9.17, 15) is 23.7 Å². The molecule has 0 aliphatic carbocycles. The smallest absolute Gasteiger partial charge is 0.279 e. The molecule has 0 aliphatic rings. The molecule has 0 atom stereocenters. The first-order valence-electron chi connectivity index (χ1n) is 8.28. The van der Waals surface area contributed by atoms with Gasteiger partial charge in [0.1, 0.15) is 11.3 Å². The first-order chi connectivity index (χ1) is 13.9. The minimum atomic E-state index is -0.818. The van der Waals surface area contributed by atoms with Crippen LogP contribution >= 0.6 is 22.7 Å². The van der Waals surface area contributed by atoms with Crippen molar-refractivity contribution in [2.24, 2.45) is 0 Å². The van der Waals surface area contributed by atoms with E-state index in [1.807, 2.05) is 18.2 Å². The molecule has 2 aromatic heterocycles. The van der Waals surface area contributed by atoms with Gasteiger partial charge in [0.25, 0.3) is 5.91 Å². The van der Waals surface area contributed by atoms with E-state index < -0.39 is 22.5 Å². The number of carbonyl (C=O) groups is 1. The van der Waals surface area contributed by atoms with Crippen molar-refractivity contribution < 1.29 is 18.5 Å². The fourth-order valence-corrected chi connectivity index (χ4v) is 4.50. The monoisotopic (exact) mass is 431 g/mol. The molecule has 0 N–H and O–H groups in total. The van der Waals surface area contributed by atoms with Crippen LogP contribution in [-0.4, -0.2) is 15.8 Å². The van der Waals surface area contributed by atoms with Crippen LogP contribution in [-0.2, 0) is 6.54 Å². The molecule has 0 saturated heterocycles. The van der Waals surface area contributed by atoms with Crippen LogP contribution in [0.15, 0.2) is 54.6 Å². The number of thiophene rings is 1. The van der Waals surface area contributed by atoms with E-state index in [0.717, 1.165) is 40.4 Å². The molecule has 0 radical (unpaired) electrons. The van der Waals surface area contributed by atoms with Crippen LogP contribution in [0.2, 0.25) is 0 Å². The van der Waals surface area contributed by atoms with Crippen LogP contribution in [0.25, 0.3) is 10.2 Å². The summed E-state index contributed by atoms with van der Waals surface area (Å²) in [5.41, 5.74) is 0.757. The largest absolute Gasteiger partial charge is 0.324 e. The van der Waals surface area contributed by atoms with Gasteiger partial charge >= 0.3 is 5.00 Å². The summed E-state index contributed by atoms with van der Waals surface area (Å²) in [4.78, 5) is 29.2. The normalized spacial score (nSPS) is 11.0. The molecule has 0 saturated carbocycles. The minimum Gasteiger partial charge on any atom is -0.279 e. The van der Waals surface area contributed by atoms with Crippen molar-refractivity contribution in [1.29, 1.82) is 0 Å². The van der Waals surface area contributed by atoms with Gasteiger partial charge in [-0.3, -0.25) is 19.8 Å². The van der Waals surface area contributed by atoms with Crippen LogP contribution in [0.5, 0.6) is 0 Å². The Bertz CT molecular complexity index is 1220. The Labute approximate surface area is 170 Å². The van der Waals surface area contributed by atoms with E-state index in [4.69, 9.17) is 0 Å². The van der Waals surface area contributed by atoms with Gasteiger partial charge in [-0.2, -0.15) is 0 Å². The molecule has 0 bridgehead atoms. The van der Waals surface area contributed by atoms with Crippen molar-refractivity contribution in [3.8, 4) is 0 Å². The van der Waals surface area contributed by atoms with Crippen molar-refractivity contribution in [1.82, 2.24) is 4.98 Å². The highest BCUT2D eigenvalue weighted by Crippen LogP contribution is 2.34. The van der Waals surface area contributed by atoms with Gasteiger partial charge in [0, 0.05) is 12.1 Å². The number of carbonyl (C=O) groups excluding carboxylic acids is 1. The zero-order chi connectivity index (χ0) is 20.5. The second-order valence-electron chi connectivity index (χ2n) is 6.00. The number of halogens is 2. The number of nitrogens with zero attached hydrogens (tertiary/aromatic N) is 3. The lowest BCUT2D eigenvalue weighted by Crippen LogP contribution is -2.29. The Balaban J connectivity index is 1.78. The maximum Gasteiger partial charge on any atom is 0.324 e. The highest BCUT2D eigenvalue weighted by atomic mass is 32.1. The van der Waals surface area contributed by atoms with Crippen LogP contribution in [0.3, 0.4) is 0 Å². The molecule has 4 aromatic rings. The van der Waals surface area contributed by atoms with Crippen LogP contribution < -0.4 is 4.90 Å². The number of benzene rings is 2. The number of hydrogen-bond acceptors (Lipinski definition) is 6. The number of thiazole rings is 1. The SMILES string of the molecule is O=C(c1ccc([N+](=O)[O-])s1)N(Cc1ccccc1)c1nc2c(F)cc(F)cc2s1. The second kappa shape index (κ2) is 7.64. The average Bonchev–Trinajstić information content (AvgIpc) is 3.34. The third kappa shape index (κ3) is 3.84. The minimum absolute atomic E-state index is 0.0329. The molecule has 0 spiro atoms. The van der Waals surface area contributed by atoms with E-state index in [1.54, 1.807) is 12.1 Å². The lowest BCUT2D eigenvalue weighted by molar-refractivity contribution is -0.380. The molecule has 2 aromatic carbocycles. The molecule has 1 amide bonds. The fourth-order valence-electron chi connectivity index (χ4n) is 2.73. The molecule has 146 valence electrons. The van der Waals surface area contributed by atoms with E-state index in [0.29, 0.717) is 0 Å². The Morgan fingerprint density at radius 3 is 2.55 bits per heavy atom. The summed E-state index contributed by atoms with van der Waals surface area (Å²) >= 11 is 1.72. The molecule has 0 fully saturated rings. The second-order valence-corrected chi connectivity index (χ2v) is 8.07. The third-order valence-corrected chi connectivity index (χ3v) is 6.09. The van der Waals surface area contributed by atoms with E-state index in [-0.39, 0.29) is 31.8 Å². The van der Waals surface area contributed by atoms with Crippen molar-refractivity contribution in [3.63, 3.8) is 0 Å². The molecule has 6 nitrogen and oxygen atoms in total. The number of amides is 1. The third-order valence-electron chi connectivity index (χ3n) is 4.04. The lowest BCUT2D eigenvalue weighted by Gasteiger charge is -2.19. The first kappa shape index (κ1) is 19.1. The predicted molar refractivity (Wildman–Crippen MR) is 107 cm³/mol. The van der Waals surface area contributed by atoms with Gasteiger partial charge in [-0.15, -0.1) is 0 Å². The van der Waals surface area contributed by atoms with Gasteiger partial charge in [-0.25, -0.2) is 13.8 Å². The zero-order valence-electron chi connectivity index (χ0n) is 14.5. The molecule has 29 heavy (non-hydrogen) atoms.